The molecule has 0 saturated heterocycles. The zero-order valence-electron chi connectivity index (χ0n) is 20.7. The van der Waals surface area contributed by atoms with Crippen LogP contribution in [0.4, 0.5) is 0 Å². The normalized spacial score (nSPS) is 12.4. The number of ketones is 1. The van der Waals surface area contributed by atoms with Gasteiger partial charge in [-0.05, 0) is 55.1 Å². The second-order valence-electron chi connectivity index (χ2n) is 8.83. The Kier molecular flexibility index (Phi) is 10.2. The van der Waals surface area contributed by atoms with Crippen LogP contribution in [0.2, 0.25) is 0 Å². The molecule has 0 aromatic heterocycles. The number of carbonyl (C=O) groups is 3. The quantitative estimate of drug-likeness (QED) is 0.336. The Morgan fingerprint density at radius 2 is 1.65 bits per heavy atom. The summed E-state index contributed by atoms with van der Waals surface area (Å²) in [6.45, 7) is 10.4. The minimum atomic E-state index is -0.973. The van der Waals surface area contributed by atoms with Gasteiger partial charge in [0.1, 0.15) is 0 Å². The molecular formula is C28H37N3O3. The van der Waals surface area contributed by atoms with Gasteiger partial charge in [-0.2, -0.15) is 0 Å². The first-order valence-corrected chi connectivity index (χ1v) is 12.0. The highest BCUT2D eigenvalue weighted by molar-refractivity contribution is 6.37. The lowest BCUT2D eigenvalue weighted by Crippen LogP contribution is -2.29. The highest BCUT2D eigenvalue weighted by Crippen LogP contribution is 2.30. The van der Waals surface area contributed by atoms with Crippen molar-refractivity contribution in [3.63, 3.8) is 0 Å². The van der Waals surface area contributed by atoms with Crippen molar-refractivity contribution in [2.24, 2.45) is 11.5 Å². The first kappa shape index (κ1) is 27.0. The topological polar surface area (TPSA) is 106 Å². The van der Waals surface area contributed by atoms with Crippen molar-refractivity contribution in [2.45, 2.75) is 65.5 Å². The summed E-state index contributed by atoms with van der Waals surface area (Å²) >= 11 is 0. The highest BCUT2D eigenvalue weighted by Gasteiger charge is 2.27. The lowest BCUT2D eigenvalue weighted by atomic mass is 9.84. The molecule has 0 fully saturated rings. The smallest absolute Gasteiger partial charge is 0.285 e. The van der Waals surface area contributed by atoms with Gasteiger partial charge >= 0.3 is 0 Å². The number of benzene rings is 2. The third-order valence-corrected chi connectivity index (χ3v) is 6.13. The van der Waals surface area contributed by atoms with E-state index in [2.05, 4.69) is 37.8 Å². The third-order valence-electron chi connectivity index (χ3n) is 6.13. The summed E-state index contributed by atoms with van der Waals surface area (Å²) in [5.74, 6) is -2.93. The molecule has 4 N–H and O–H groups in total. The Morgan fingerprint density at radius 3 is 2.18 bits per heavy atom. The summed E-state index contributed by atoms with van der Waals surface area (Å²) < 4.78 is 0. The van der Waals surface area contributed by atoms with Crippen molar-refractivity contribution in [3.8, 4) is 0 Å². The Hall–Kier alpha value is -3.25. The number of amides is 2. The van der Waals surface area contributed by atoms with E-state index in [1.807, 2.05) is 25.1 Å². The molecular weight excluding hydrogens is 426 g/mol. The van der Waals surface area contributed by atoms with Gasteiger partial charge in [0, 0.05) is 18.2 Å². The molecule has 1 unspecified atom stereocenters. The highest BCUT2D eigenvalue weighted by atomic mass is 16.2. The summed E-state index contributed by atoms with van der Waals surface area (Å²) in [5.41, 5.74) is 14.6. The maximum absolute atomic E-state index is 12.6. The van der Waals surface area contributed by atoms with Crippen molar-refractivity contribution in [3.05, 3.63) is 70.3 Å². The second-order valence-corrected chi connectivity index (χ2v) is 8.83. The molecule has 182 valence electrons. The molecule has 0 saturated carbocycles. The standard InChI is InChI=1S/C28H37N3O3/c1-5-7-9-24(26(32)28(30)34)22-10-8-11-25(27(29)33)23(22)17-16-20-12-14-21(15-13-20)18-31(6-2)19(3)4/h8,10-17,19,24H,5-7,9,18H2,1-4H3,(H2,29,33)(H2,30,34). The van der Waals surface area contributed by atoms with Crippen LogP contribution in [0, 0.1) is 0 Å². The number of rotatable bonds is 13. The van der Waals surface area contributed by atoms with Crippen molar-refractivity contribution in [2.75, 3.05) is 6.54 Å². The van der Waals surface area contributed by atoms with Crippen LogP contribution in [-0.2, 0) is 16.1 Å². The Morgan fingerprint density at radius 1 is 0.971 bits per heavy atom. The van der Waals surface area contributed by atoms with Crippen LogP contribution in [0.15, 0.2) is 42.5 Å². The number of carbonyl (C=O) groups excluding carboxylic acids is 3. The number of unbranched alkanes of at least 4 members (excludes halogenated alkanes) is 1. The molecule has 0 radical (unpaired) electrons. The lowest BCUT2D eigenvalue weighted by Gasteiger charge is -2.24. The minimum Gasteiger partial charge on any atom is -0.366 e. The Bertz CT molecular complexity index is 1030. The summed E-state index contributed by atoms with van der Waals surface area (Å²) in [4.78, 5) is 38.9. The molecule has 2 amide bonds. The second kappa shape index (κ2) is 12.8. The van der Waals surface area contributed by atoms with Gasteiger partial charge in [-0.3, -0.25) is 19.3 Å². The molecule has 0 aliphatic carbocycles. The van der Waals surface area contributed by atoms with E-state index in [4.69, 9.17) is 11.5 Å². The molecule has 34 heavy (non-hydrogen) atoms. The molecule has 1 atom stereocenters. The van der Waals surface area contributed by atoms with Gasteiger partial charge in [0.15, 0.2) is 0 Å². The molecule has 2 aromatic carbocycles. The predicted octanol–water partition coefficient (Wildman–Crippen LogP) is 4.51. The zero-order valence-corrected chi connectivity index (χ0v) is 20.7. The van der Waals surface area contributed by atoms with Crippen LogP contribution >= 0.6 is 0 Å². The van der Waals surface area contributed by atoms with Crippen molar-refractivity contribution in [1.29, 1.82) is 0 Å². The molecule has 2 rings (SSSR count). The average Bonchev–Trinajstić information content (AvgIpc) is 2.81. The van der Waals surface area contributed by atoms with E-state index >= 15 is 0 Å². The summed E-state index contributed by atoms with van der Waals surface area (Å²) in [5, 5.41) is 0. The Labute approximate surface area is 203 Å². The number of nitrogens with two attached hydrogens (primary N) is 2. The SMILES string of the molecule is CCCCC(C(=O)C(N)=O)c1cccc(C(N)=O)c1C=Cc1ccc(CN(CC)C(C)C)cc1. The van der Waals surface area contributed by atoms with Crippen LogP contribution in [-0.4, -0.2) is 35.1 Å². The van der Waals surface area contributed by atoms with Gasteiger partial charge in [0.05, 0.1) is 5.92 Å². The maximum Gasteiger partial charge on any atom is 0.285 e. The molecule has 6 nitrogen and oxygen atoms in total. The molecule has 0 heterocycles. The fraction of sp³-hybridized carbons (Fsp3) is 0.393. The van der Waals surface area contributed by atoms with Gasteiger partial charge in [-0.15, -0.1) is 0 Å². The summed E-state index contributed by atoms with van der Waals surface area (Å²) in [6.07, 6.45) is 5.77. The maximum atomic E-state index is 12.6. The van der Waals surface area contributed by atoms with E-state index in [0.29, 0.717) is 29.2 Å². The first-order valence-electron chi connectivity index (χ1n) is 12.0. The van der Waals surface area contributed by atoms with Gasteiger partial charge in [-0.25, -0.2) is 0 Å². The van der Waals surface area contributed by atoms with Crippen LogP contribution in [0.5, 0.6) is 0 Å². The lowest BCUT2D eigenvalue weighted by molar-refractivity contribution is -0.137. The van der Waals surface area contributed by atoms with Crippen molar-refractivity contribution >= 4 is 29.7 Å². The van der Waals surface area contributed by atoms with E-state index in [1.165, 1.54) is 5.56 Å². The van der Waals surface area contributed by atoms with E-state index in [-0.39, 0.29) is 0 Å². The van der Waals surface area contributed by atoms with Crippen LogP contribution in [0.25, 0.3) is 12.2 Å². The molecule has 0 aliphatic rings. The van der Waals surface area contributed by atoms with Crippen LogP contribution in [0.3, 0.4) is 0 Å². The number of hydrogen-bond acceptors (Lipinski definition) is 4. The molecule has 2 aromatic rings. The molecule has 0 spiro atoms. The third kappa shape index (κ3) is 7.12. The van der Waals surface area contributed by atoms with Crippen molar-refractivity contribution < 1.29 is 14.4 Å². The fourth-order valence-electron chi connectivity index (χ4n) is 4.10. The van der Waals surface area contributed by atoms with Gasteiger partial charge in [-0.1, -0.05) is 75.2 Å². The van der Waals surface area contributed by atoms with E-state index < -0.39 is 23.5 Å². The van der Waals surface area contributed by atoms with Gasteiger partial charge < -0.3 is 11.5 Å². The average molecular weight is 464 g/mol. The van der Waals surface area contributed by atoms with Crippen molar-refractivity contribution in [1.82, 2.24) is 4.90 Å². The monoisotopic (exact) mass is 463 g/mol. The summed E-state index contributed by atoms with van der Waals surface area (Å²) in [7, 11) is 0. The molecule has 0 aliphatic heterocycles. The number of hydrogen-bond donors (Lipinski definition) is 2. The van der Waals surface area contributed by atoms with E-state index in [1.54, 1.807) is 24.3 Å². The van der Waals surface area contributed by atoms with Crippen LogP contribution in [0.1, 0.15) is 85.5 Å². The van der Waals surface area contributed by atoms with Gasteiger partial charge in [0.2, 0.25) is 11.7 Å². The fourth-order valence-corrected chi connectivity index (χ4v) is 4.10. The predicted molar refractivity (Wildman–Crippen MR) is 138 cm³/mol. The minimum absolute atomic E-state index is 0.305. The van der Waals surface area contributed by atoms with Crippen LogP contribution < -0.4 is 11.5 Å². The first-order chi connectivity index (χ1) is 16.2. The number of Topliss-reactive ketones (excluding diaryl/α,β-unsaturated/α-hetero) is 1. The number of nitrogens with zero attached hydrogens (tertiary/aromatic N) is 1. The number of primary amides is 2. The van der Waals surface area contributed by atoms with E-state index in [9.17, 15) is 14.4 Å². The largest absolute Gasteiger partial charge is 0.366 e. The van der Waals surface area contributed by atoms with E-state index in [0.717, 1.165) is 31.5 Å². The molecule has 6 heteroatoms. The molecule has 0 bridgehead atoms. The van der Waals surface area contributed by atoms with Gasteiger partial charge in [0.25, 0.3) is 5.91 Å². The zero-order chi connectivity index (χ0) is 25.3. The Balaban J connectivity index is 2.43. The summed E-state index contributed by atoms with van der Waals surface area (Å²) in [6, 6.07) is 13.8.